The molecule has 1 aliphatic rings. The zero-order valence-electron chi connectivity index (χ0n) is 13.6. The second kappa shape index (κ2) is 6.91. The van der Waals surface area contributed by atoms with Crippen LogP contribution in [0, 0.1) is 5.92 Å². The van der Waals surface area contributed by atoms with Gasteiger partial charge in [0.25, 0.3) is 0 Å². The fourth-order valence-corrected chi connectivity index (χ4v) is 3.06. The number of hydrogen-bond donors (Lipinski definition) is 2. The van der Waals surface area contributed by atoms with Crippen molar-refractivity contribution in [2.24, 2.45) is 5.92 Å². The van der Waals surface area contributed by atoms with Crippen molar-refractivity contribution in [2.75, 3.05) is 11.9 Å². The van der Waals surface area contributed by atoms with Crippen molar-refractivity contribution < 1.29 is 4.79 Å². The normalized spacial score (nSPS) is 21.1. The highest BCUT2D eigenvalue weighted by Crippen LogP contribution is 2.23. The molecule has 2 N–H and O–H groups in total. The molecule has 2 heterocycles. The summed E-state index contributed by atoms with van der Waals surface area (Å²) in [7, 11) is 0. The summed E-state index contributed by atoms with van der Waals surface area (Å²) in [6.07, 6.45) is 3.49. The van der Waals surface area contributed by atoms with Gasteiger partial charge in [0.15, 0.2) is 5.82 Å². The monoisotopic (exact) mass is 313 g/mol. The molecule has 23 heavy (non-hydrogen) atoms. The van der Waals surface area contributed by atoms with Crippen LogP contribution in [0.2, 0.25) is 0 Å². The van der Waals surface area contributed by atoms with E-state index in [4.69, 9.17) is 0 Å². The fraction of sp³-hybridized carbons (Fsp3) is 0.471. The smallest absolute Gasteiger partial charge is 0.227 e. The third kappa shape index (κ3) is 3.59. The molecule has 1 aliphatic heterocycles. The van der Waals surface area contributed by atoms with E-state index in [0.29, 0.717) is 6.04 Å². The Morgan fingerprint density at radius 2 is 2.35 bits per heavy atom. The number of piperidine rings is 1. The van der Waals surface area contributed by atoms with Gasteiger partial charge < -0.3 is 15.2 Å². The van der Waals surface area contributed by atoms with Gasteiger partial charge in [0, 0.05) is 29.8 Å². The third-order valence-electron chi connectivity index (χ3n) is 4.34. The van der Waals surface area contributed by atoms with Crippen molar-refractivity contribution in [2.45, 2.75) is 39.3 Å². The predicted molar refractivity (Wildman–Crippen MR) is 90.0 cm³/mol. The van der Waals surface area contributed by atoms with E-state index in [1.165, 1.54) is 0 Å². The molecule has 0 aliphatic carbocycles. The van der Waals surface area contributed by atoms with E-state index in [0.717, 1.165) is 43.0 Å². The number of aryl methyl sites for hydroxylation is 1. The summed E-state index contributed by atoms with van der Waals surface area (Å²) in [5.41, 5.74) is 1.77. The molecule has 3 rings (SSSR count). The van der Waals surface area contributed by atoms with Crippen molar-refractivity contribution in [3.63, 3.8) is 0 Å². The number of anilines is 1. The first-order valence-corrected chi connectivity index (χ1v) is 8.20. The van der Waals surface area contributed by atoms with Gasteiger partial charge >= 0.3 is 0 Å². The SMILES string of the molecule is CCn1cnnc1-c1cccc(NC(=O)[C@H]2CCN[C@@H](C)C2)c1. The van der Waals surface area contributed by atoms with Gasteiger partial charge in [-0.25, -0.2) is 0 Å². The quantitative estimate of drug-likeness (QED) is 0.908. The highest BCUT2D eigenvalue weighted by atomic mass is 16.1. The second-order valence-electron chi connectivity index (χ2n) is 6.09. The van der Waals surface area contributed by atoms with Crippen molar-refractivity contribution >= 4 is 11.6 Å². The minimum absolute atomic E-state index is 0.0780. The Hall–Kier alpha value is -2.21. The number of nitrogens with zero attached hydrogens (tertiary/aromatic N) is 3. The van der Waals surface area contributed by atoms with Gasteiger partial charge in [0.2, 0.25) is 5.91 Å². The molecule has 0 radical (unpaired) electrons. The van der Waals surface area contributed by atoms with Gasteiger partial charge in [0.1, 0.15) is 6.33 Å². The standard InChI is InChI=1S/C17H23N5O/c1-3-22-11-19-21-16(22)13-5-4-6-15(10-13)20-17(23)14-7-8-18-12(2)9-14/h4-6,10-12,14,18H,3,7-9H2,1-2H3,(H,20,23)/t12-,14-/m0/s1. The number of nitrogens with one attached hydrogen (secondary N) is 2. The molecule has 6 heteroatoms. The first-order chi connectivity index (χ1) is 11.2. The maximum Gasteiger partial charge on any atom is 0.227 e. The lowest BCUT2D eigenvalue weighted by Gasteiger charge is -2.27. The molecule has 0 spiro atoms. The number of benzene rings is 1. The lowest BCUT2D eigenvalue weighted by Crippen LogP contribution is -2.40. The minimum Gasteiger partial charge on any atom is -0.326 e. The summed E-state index contributed by atoms with van der Waals surface area (Å²) in [4.78, 5) is 12.5. The molecule has 1 amide bonds. The lowest BCUT2D eigenvalue weighted by molar-refractivity contribution is -0.120. The Labute approximate surface area is 136 Å². The van der Waals surface area contributed by atoms with Crippen LogP contribution in [0.4, 0.5) is 5.69 Å². The second-order valence-corrected chi connectivity index (χ2v) is 6.09. The van der Waals surface area contributed by atoms with Crippen LogP contribution in [0.25, 0.3) is 11.4 Å². The molecule has 1 aromatic carbocycles. The molecule has 2 atom stereocenters. The maximum absolute atomic E-state index is 12.5. The maximum atomic E-state index is 12.5. The molecule has 1 fully saturated rings. The van der Waals surface area contributed by atoms with E-state index in [1.54, 1.807) is 6.33 Å². The Kier molecular flexibility index (Phi) is 4.71. The molecule has 0 unspecified atom stereocenters. The van der Waals surface area contributed by atoms with Crippen LogP contribution >= 0.6 is 0 Å². The van der Waals surface area contributed by atoms with Crippen LogP contribution in [0.5, 0.6) is 0 Å². The molecular weight excluding hydrogens is 290 g/mol. The molecule has 0 saturated carbocycles. The van der Waals surface area contributed by atoms with E-state index in [2.05, 4.69) is 34.7 Å². The first-order valence-electron chi connectivity index (χ1n) is 8.20. The van der Waals surface area contributed by atoms with Crippen LogP contribution < -0.4 is 10.6 Å². The minimum atomic E-state index is 0.0780. The molecule has 1 saturated heterocycles. The summed E-state index contributed by atoms with van der Waals surface area (Å²) in [5.74, 6) is 1.00. The Bertz CT molecular complexity index is 681. The molecular formula is C17H23N5O. The Balaban J connectivity index is 1.74. The lowest BCUT2D eigenvalue weighted by atomic mass is 9.92. The topological polar surface area (TPSA) is 71.8 Å². The summed E-state index contributed by atoms with van der Waals surface area (Å²) < 4.78 is 1.98. The van der Waals surface area contributed by atoms with Crippen LogP contribution in [-0.4, -0.2) is 33.3 Å². The van der Waals surface area contributed by atoms with E-state index in [1.807, 2.05) is 28.8 Å². The van der Waals surface area contributed by atoms with Crippen LogP contribution in [-0.2, 0) is 11.3 Å². The van der Waals surface area contributed by atoms with Crippen LogP contribution in [0.3, 0.4) is 0 Å². The van der Waals surface area contributed by atoms with E-state index in [9.17, 15) is 4.79 Å². The van der Waals surface area contributed by atoms with Gasteiger partial charge in [-0.2, -0.15) is 0 Å². The van der Waals surface area contributed by atoms with Gasteiger partial charge in [-0.1, -0.05) is 12.1 Å². The number of aromatic nitrogens is 3. The van der Waals surface area contributed by atoms with E-state index < -0.39 is 0 Å². The van der Waals surface area contributed by atoms with Gasteiger partial charge in [-0.3, -0.25) is 4.79 Å². The number of amides is 1. The fourth-order valence-electron chi connectivity index (χ4n) is 3.06. The zero-order chi connectivity index (χ0) is 16.2. The number of hydrogen-bond acceptors (Lipinski definition) is 4. The number of carbonyl (C=O) groups excluding carboxylic acids is 1. The molecule has 1 aromatic heterocycles. The van der Waals surface area contributed by atoms with Crippen molar-refractivity contribution in [1.82, 2.24) is 20.1 Å². The summed E-state index contributed by atoms with van der Waals surface area (Å²) >= 11 is 0. The predicted octanol–water partition coefficient (Wildman–Crippen LogP) is 2.29. The molecule has 6 nitrogen and oxygen atoms in total. The van der Waals surface area contributed by atoms with Crippen LogP contribution in [0.1, 0.15) is 26.7 Å². The summed E-state index contributed by atoms with van der Waals surface area (Å²) in [6, 6.07) is 8.19. The highest BCUT2D eigenvalue weighted by molar-refractivity contribution is 5.93. The molecule has 122 valence electrons. The largest absolute Gasteiger partial charge is 0.326 e. The summed E-state index contributed by atoms with van der Waals surface area (Å²) in [5, 5.41) is 14.6. The number of carbonyl (C=O) groups is 1. The van der Waals surface area contributed by atoms with Gasteiger partial charge in [-0.05, 0) is 45.4 Å². The average Bonchev–Trinajstić information content (AvgIpc) is 3.04. The zero-order valence-corrected chi connectivity index (χ0v) is 13.6. The molecule has 2 aromatic rings. The third-order valence-corrected chi connectivity index (χ3v) is 4.34. The van der Waals surface area contributed by atoms with Gasteiger partial charge in [-0.15, -0.1) is 10.2 Å². The average molecular weight is 313 g/mol. The first kappa shape index (κ1) is 15.7. The Morgan fingerprint density at radius 3 is 3.13 bits per heavy atom. The molecule has 0 bridgehead atoms. The van der Waals surface area contributed by atoms with Crippen LogP contribution in [0.15, 0.2) is 30.6 Å². The Morgan fingerprint density at radius 1 is 1.48 bits per heavy atom. The van der Waals surface area contributed by atoms with Gasteiger partial charge in [0.05, 0.1) is 0 Å². The highest BCUT2D eigenvalue weighted by Gasteiger charge is 2.24. The van der Waals surface area contributed by atoms with E-state index >= 15 is 0 Å². The van der Waals surface area contributed by atoms with Crippen molar-refractivity contribution in [1.29, 1.82) is 0 Å². The van der Waals surface area contributed by atoms with Crippen molar-refractivity contribution in [3.8, 4) is 11.4 Å². The van der Waals surface area contributed by atoms with E-state index in [-0.39, 0.29) is 11.8 Å². The number of rotatable bonds is 4. The van der Waals surface area contributed by atoms with Crippen molar-refractivity contribution in [3.05, 3.63) is 30.6 Å². The summed E-state index contributed by atoms with van der Waals surface area (Å²) in [6.45, 7) is 5.89.